The number of hydrogen-bond donors (Lipinski definition) is 3. The number of hydrogen-bond acceptors (Lipinski definition) is 4. The predicted molar refractivity (Wildman–Crippen MR) is 153 cm³/mol. The van der Waals surface area contributed by atoms with Crippen molar-refractivity contribution < 1.29 is 32.7 Å². The van der Waals surface area contributed by atoms with E-state index in [0.717, 1.165) is 43.6 Å². The molecule has 42 heavy (non-hydrogen) atoms. The van der Waals surface area contributed by atoms with Crippen molar-refractivity contribution >= 4 is 35.3 Å². The summed E-state index contributed by atoms with van der Waals surface area (Å²) in [7, 11) is 0. The quantitative estimate of drug-likeness (QED) is 0.329. The molecule has 2 heterocycles. The number of benzene rings is 1. The van der Waals surface area contributed by atoms with E-state index in [2.05, 4.69) is 11.8 Å². The van der Waals surface area contributed by atoms with Crippen molar-refractivity contribution in [1.82, 2.24) is 14.7 Å². The average molecular weight is 616 g/mol. The minimum absolute atomic E-state index is 0.00112. The zero-order chi connectivity index (χ0) is 31.4. The minimum Gasteiger partial charge on any atom is -0.475 e. The molecular weight excluding hydrogens is 575 g/mol. The summed E-state index contributed by atoms with van der Waals surface area (Å²) in [5.74, 6) is -2.09. The van der Waals surface area contributed by atoms with Crippen LogP contribution in [0.5, 0.6) is 0 Å². The van der Waals surface area contributed by atoms with E-state index in [9.17, 15) is 22.8 Å². The maximum Gasteiger partial charge on any atom is 0.490 e. The van der Waals surface area contributed by atoms with Crippen LogP contribution in [0, 0.1) is 23.2 Å². The van der Waals surface area contributed by atoms with Crippen LogP contribution in [-0.4, -0.2) is 88.0 Å². The van der Waals surface area contributed by atoms with Gasteiger partial charge < -0.3 is 25.5 Å². The molecule has 2 aliphatic heterocycles. The van der Waals surface area contributed by atoms with Crippen LogP contribution < -0.4 is 5.73 Å². The Kier molecular flexibility index (Phi) is 11.1. The Morgan fingerprint density at radius 2 is 1.57 bits per heavy atom. The Morgan fingerprint density at radius 3 is 2.07 bits per heavy atom. The molecule has 0 aromatic heterocycles. The van der Waals surface area contributed by atoms with Crippen LogP contribution in [0.3, 0.4) is 0 Å². The van der Waals surface area contributed by atoms with Crippen molar-refractivity contribution in [3.63, 3.8) is 0 Å². The molecule has 2 saturated heterocycles. The Hall–Kier alpha value is -3.02. The Labute approximate surface area is 249 Å². The Balaban J connectivity index is 0.000000616. The first-order valence-electron chi connectivity index (χ1n) is 14.4. The predicted octanol–water partition coefficient (Wildman–Crippen LogP) is 4.55. The number of aliphatic carboxylic acids is 1. The highest BCUT2D eigenvalue weighted by atomic mass is 35.5. The molecule has 9 nitrogen and oxygen atoms in total. The fourth-order valence-electron chi connectivity index (χ4n) is 6.18. The van der Waals surface area contributed by atoms with Crippen LogP contribution in [0.25, 0.3) is 0 Å². The molecule has 0 unspecified atom stereocenters. The second-order valence-electron chi connectivity index (χ2n) is 11.9. The maximum atomic E-state index is 13.8. The minimum atomic E-state index is -5.08. The van der Waals surface area contributed by atoms with Crippen LogP contribution in [0.1, 0.15) is 64.4 Å². The molecule has 13 heteroatoms. The zero-order valence-electron chi connectivity index (χ0n) is 24.2. The molecule has 0 radical (unpaired) electrons. The van der Waals surface area contributed by atoms with Gasteiger partial charge in [-0.3, -0.25) is 15.0 Å². The fourth-order valence-corrected chi connectivity index (χ4v) is 6.30. The van der Waals surface area contributed by atoms with Crippen LogP contribution in [0.4, 0.5) is 13.2 Å². The molecule has 3 atom stereocenters. The third kappa shape index (κ3) is 8.29. The van der Waals surface area contributed by atoms with Gasteiger partial charge in [-0.25, -0.2) is 4.79 Å². The van der Waals surface area contributed by atoms with Gasteiger partial charge in [-0.1, -0.05) is 44.5 Å². The number of carbonyl (C=O) groups is 3. The third-order valence-corrected chi connectivity index (χ3v) is 8.77. The monoisotopic (exact) mass is 615 g/mol. The number of carboxylic acid groups (broad SMARTS) is 1. The average Bonchev–Trinajstić information content (AvgIpc) is 3.58. The molecule has 4 rings (SSSR count). The Bertz CT molecular complexity index is 1130. The summed E-state index contributed by atoms with van der Waals surface area (Å²) < 4.78 is 31.7. The number of likely N-dealkylation sites (tertiary alicyclic amines) is 2. The van der Waals surface area contributed by atoms with Gasteiger partial charge >= 0.3 is 12.1 Å². The lowest BCUT2D eigenvalue weighted by atomic mass is 9.85. The SMILES string of the molecule is CC1CCC(N(C(=O)C(C)C)[C@H]2CCN(C(=O)[C@@H]3CN(C(=N)N)C[C@H]3c3ccc(Cl)cc3)C2)CC1.O=C(O)C(F)(F)F. The molecule has 3 fully saturated rings. The van der Waals surface area contributed by atoms with E-state index in [1.54, 1.807) is 4.90 Å². The van der Waals surface area contributed by atoms with Crippen LogP contribution >= 0.6 is 11.6 Å². The van der Waals surface area contributed by atoms with Crippen LogP contribution in [0.2, 0.25) is 5.02 Å². The van der Waals surface area contributed by atoms with Gasteiger partial charge in [-0.05, 0) is 55.7 Å². The summed E-state index contributed by atoms with van der Waals surface area (Å²) in [5.41, 5.74) is 6.85. The van der Waals surface area contributed by atoms with Crippen molar-refractivity contribution in [3.05, 3.63) is 34.9 Å². The number of alkyl halides is 3. The number of nitrogens with zero attached hydrogens (tertiary/aromatic N) is 3. The topological polar surface area (TPSA) is 131 Å². The normalized spacial score (nSPS) is 26.0. The van der Waals surface area contributed by atoms with Crippen molar-refractivity contribution in [3.8, 4) is 0 Å². The lowest BCUT2D eigenvalue weighted by molar-refractivity contribution is -0.192. The van der Waals surface area contributed by atoms with E-state index in [0.29, 0.717) is 31.2 Å². The van der Waals surface area contributed by atoms with Crippen molar-refractivity contribution in [1.29, 1.82) is 5.41 Å². The Morgan fingerprint density at radius 1 is 1.00 bits per heavy atom. The lowest BCUT2D eigenvalue weighted by Crippen LogP contribution is -2.51. The second kappa shape index (κ2) is 14.0. The van der Waals surface area contributed by atoms with Gasteiger partial charge in [-0.15, -0.1) is 0 Å². The standard InChI is InChI=1S/C27H40ClN5O2.C2HF3O2/c1-17(2)25(34)33(21-10-4-18(3)5-11-21)22-12-13-31(14-22)26(35)24-16-32(27(29)30)15-23(24)19-6-8-20(28)9-7-19;3-2(4,5)1(6)7/h6-9,17-18,21-24H,4-5,10-16H2,1-3H3,(H3,29,30);(H,6,7)/t18?,21?,22-,23-,24+;/m0./s1. The summed E-state index contributed by atoms with van der Waals surface area (Å²) >= 11 is 6.09. The first-order chi connectivity index (χ1) is 19.6. The molecular formula is C29H41ClF3N5O4. The summed E-state index contributed by atoms with van der Waals surface area (Å²) in [5, 5.41) is 15.7. The summed E-state index contributed by atoms with van der Waals surface area (Å²) in [6.45, 7) is 8.49. The number of halogens is 4. The summed E-state index contributed by atoms with van der Waals surface area (Å²) in [4.78, 5) is 41.9. The van der Waals surface area contributed by atoms with E-state index in [4.69, 9.17) is 32.6 Å². The molecule has 1 aliphatic carbocycles. The van der Waals surface area contributed by atoms with E-state index >= 15 is 0 Å². The molecule has 0 bridgehead atoms. The highest BCUT2D eigenvalue weighted by Gasteiger charge is 2.44. The third-order valence-electron chi connectivity index (χ3n) is 8.51. The molecule has 2 amide bonds. The number of nitrogens with two attached hydrogens (primary N) is 1. The first-order valence-corrected chi connectivity index (χ1v) is 14.7. The van der Waals surface area contributed by atoms with Gasteiger partial charge in [0, 0.05) is 49.1 Å². The highest BCUT2D eigenvalue weighted by Crippen LogP contribution is 2.36. The van der Waals surface area contributed by atoms with Gasteiger partial charge in [0.15, 0.2) is 5.96 Å². The summed E-state index contributed by atoms with van der Waals surface area (Å²) in [6.07, 6.45) is 0.171. The molecule has 0 spiro atoms. The molecule has 1 saturated carbocycles. The number of rotatable bonds is 5. The van der Waals surface area contributed by atoms with E-state index in [1.807, 2.05) is 43.0 Å². The van der Waals surface area contributed by atoms with Gasteiger partial charge in [0.25, 0.3) is 0 Å². The number of carboxylic acids is 1. The summed E-state index contributed by atoms with van der Waals surface area (Å²) in [6, 6.07) is 7.99. The van der Waals surface area contributed by atoms with Crippen molar-refractivity contribution in [2.75, 3.05) is 26.2 Å². The lowest BCUT2D eigenvalue weighted by Gasteiger charge is -2.41. The molecule has 4 N–H and O–H groups in total. The van der Waals surface area contributed by atoms with E-state index in [-0.39, 0.29) is 47.6 Å². The molecule has 1 aromatic rings. The number of amides is 2. The van der Waals surface area contributed by atoms with Gasteiger partial charge in [0.05, 0.1) is 12.0 Å². The fraction of sp³-hybridized carbons (Fsp3) is 0.655. The number of nitrogens with one attached hydrogen (secondary N) is 1. The van der Waals surface area contributed by atoms with Crippen LogP contribution in [-0.2, 0) is 14.4 Å². The first kappa shape index (κ1) is 33.5. The second-order valence-corrected chi connectivity index (χ2v) is 12.3. The molecule has 1 aromatic carbocycles. The van der Waals surface area contributed by atoms with E-state index in [1.165, 1.54) is 0 Å². The molecule has 234 valence electrons. The van der Waals surface area contributed by atoms with Gasteiger partial charge in [0.2, 0.25) is 11.8 Å². The van der Waals surface area contributed by atoms with Crippen molar-refractivity contribution in [2.45, 2.75) is 77.1 Å². The number of guanidine groups is 1. The highest BCUT2D eigenvalue weighted by molar-refractivity contribution is 6.30. The van der Waals surface area contributed by atoms with E-state index < -0.39 is 12.1 Å². The van der Waals surface area contributed by atoms with Crippen molar-refractivity contribution in [2.24, 2.45) is 23.5 Å². The zero-order valence-corrected chi connectivity index (χ0v) is 25.0. The smallest absolute Gasteiger partial charge is 0.475 e. The van der Waals surface area contributed by atoms with Gasteiger partial charge in [0.1, 0.15) is 0 Å². The number of carbonyl (C=O) groups excluding carboxylic acids is 2. The van der Waals surface area contributed by atoms with Crippen LogP contribution in [0.15, 0.2) is 24.3 Å². The maximum absolute atomic E-state index is 13.8. The van der Waals surface area contributed by atoms with Gasteiger partial charge in [-0.2, -0.15) is 13.2 Å². The largest absolute Gasteiger partial charge is 0.490 e. The molecule has 3 aliphatic rings.